The molecule has 3 aliphatic rings. The predicted octanol–water partition coefficient (Wildman–Crippen LogP) is 5.59. The fraction of sp³-hybridized carbons (Fsp3) is 0.241. The summed E-state index contributed by atoms with van der Waals surface area (Å²) in [5.41, 5.74) is 5.30. The predicted molar refractivity (Wildman–Crippen MR) is 146 cm³/mol. The van der Waals surface area contributed by atoms with Crippen LogP contribution in [0.5, 0.6) is 5.75 Å². The first-order valence-corrected chi connectivity index (χ1v) is 13.2. The molecule has 0 saturated carbocycles. The second-order valence-electron chi connectivity index (χ2n) is 9.03. The second kappa shape index (κ2) is 9.06. The van der Waals surface area contributed by atoms with Crippen molar-refractivity contribution in [3.63, 3.8) is 0 Å². The Morgan fingerprint density at radius 1 is 1.06 bits per heavy atom. The zero-order valence-electron chi connectivity index (χ0n) is 20.3. The number of ether oxygens (including phenoxy) is 1. The van der Waals surface area contributed by atoms with Gasteiger partial charge in [0.05, 0.1) is 16.7 Å². The molecule has 1 N–H and O–H groups in total. The second-order valence-corrected chi connectivity index (χ2v) is 10.2. The van der Waals surface area contributed by atoms with Crippen molar-refractivity contribution in [1.82, 2.24) is 10.3 Å². The number of hydrogen-bond donors (Lipinski definition) is 1. The minimum absolute atomic E-state index is 0.0225. The van der Waals surface area contributed by atoms with Gasteiger partial charge in [0.2, 0.25) is 0 Å². The summed E-state index contributed by atoms with van der Waals surface area (Å²) < 4.78 is 6.50. The number of para-hydroxylation sites is 1. The molecule has 3 heterocycles. The van der Waals surface area contributed by atoms with E-state index in [1.165, 1.54) is 17.4 Å². The Labute approximate surface area is 215 Å². The van der Waals surface area contributed by atoms with Crippen LogP contribution in [0.25, 0.3) is 6.08 Å². The summed E-state index contributed by atoms with van der Waals surface area (Å²) in [6, 6.07) is 26.5. The van der Waals surface area contributed by atoms with Gasteiger partial charge in [-0.15, -0.1) is 0 Å². The van der Waals surface area contributed by atoms with Gasteiger partial charge in [0, 0.05) is 30.8 Å². The number of nitrogens with zero attached hydrogens (tertiary/aromatic N) is 3. The van der Waals surface area contributed by atoms with E-state index in [4.69, 9.17) is 9.84 Å². The van der Waals surface area contributed by atoms with Gasteiger partial charge in [0.25, 0.3) is 5.91 Å². The molecule has 0 aliphatic carbocycles. The van der Waals surface area contributed by atoms with Crippen LogP contribution in [0.4, 0.5) is 5.69 Å². The lowest BCUT2D eigenvalue weighted by atomic mass is 9.97. The van der Waals surface area contributed by atoms with Crippen molar-refractivity contribution >= 4 is 35.1 Å². The van der Waals surface area contributed by atoms with E-state index in [0.717, 1.165) is 47.7 Å². The smallest absolute Gasteiger partial charge is 0.336 e. The van der Waals surface area contributed by atoms with Gasteiger partial charge in [-0.2, -0.15) is 5.10 Å². The van der Waals surface area contributed by atoms with E-state index in [2.05, 4.69) is 66.5 Å². The molecule has 1 saturated heterocycles. The number of hydrogen-bond acceptors (Lipinski definition) is 6. The van der Waals surface area contributed by atoms with Crippen LogP contribution in [-0.4, -0.2) is 34.9 Å². The molecule has 182 valence electrons. The number of fused-ring (bicyclic) bond motifs is 4. The molecule has 7 heteroatoms. The van der Waals surface area contributed by atoms with Gasteiger partial charge in [0.15, 0.2) is 0 Å². The zero-order valence-corrected chi connectivity index (χ0v) is 21.2. The molecule has 2 atom stereocenters. The minimum atomic E-state index is -1.13. The van der Waals surface area contributed by atoms with Crippen LogP contribution in [0, 0.1) is 0 Å². The van der Waals surface area contributed by atoms with Crippen molar-refractivity contribution in [3.05, 3.63) is 100 Å². The summed E-state index contributed by atoms with van der Waals surface area (Å²) in [4.78, 5) is 16.1. The normalized spacial score (nSPS) is 23.2. The fourth-order valence-corrected chi connectivity index (χ4v) is 6.24. The van der Waals surface area contributed by atoms with E-state index < -0.39 is 5.18 Å². The summed E-state index contributed by atoms with van der Waals surface area (Å²) in [5.74, 6) is 0.621. The van der Waals surface area contributed by atoms with Gasteiger partial charge in [0.1, 0.15) is 5.75 Å². The number of nitrogens with one attached hydrogen (secondary N) is 1. The summed E-state index contributed by atoms with van der Waals surface area (Å²) in [7, 11) is 0. The number of thioether (sulfide) groups is 1. The molecule has 0 unspecified atom stereocenters. The maximum Gasteiger partial charge on any atom is 0.336 e. The van der Waals surface area contributed by atoms with Crippen LogP contribution in [0.3, 0.4) is 0 Å². The van der Waals surface area contributed by atoms with E-state index in [9.17, 15) is 4.79 Å². The molecule has 6 rings (SSSR count). The Bertz CT molecular complexity index is 1350. The van der Waals surface area contributed by atoms with Crippen LogP contribution in [-0.2, 0) is 4.79 Å². The standard InChI is InChI=1S/C29H28N4O2S/c1-3-32(4-2)22-16-14-20(15-17-22)18-27-28(34)30-29(36-27)33-25(23-12-8-9-13-26(23)35-29)19-24(31-33)21-10-6-5-7-11-21/h5-18,25H,3-4,19H2,1-2H3,(H,30,34)/b27-18-/t25-,29-/m1/s1. The number of rotatable bonds is 5. The molecule has 0 bridgehead atoms. The Hall–Kier alpha value is -3.71. The molecule has 3 aromatic carbocycles. The molecule has 0 radical (unpaired) electrons. The third kappa shape index (κ3) is 3.84. The topological polar surface area (TPSA) is 57.2 Å². The van der Waals surface area contributed by atoms with E-state index in [1.54, 1.807) is 0 Å². The highest BCUT2D eigenvalue weighted by atomic mass is 32.2. The first-order valence-electron chi connectivity index (χ1n) is 12.4. The molecule has 1 spiro atoms. The first kappa shape index (κ1) is 22.7. The molecule has 1 fully saturated rings. The van der Waals surface area contributed by atoms with Crippen molar-refractivity contribution in [3.8, 4) is 5.75 Å². The van der Waals surface area contributed by atoms with Crippen molar-refractivity contribution < 1.29 is 9.53 Å². The molecule has 36 heavy (non-hydrogen) atoms. The van der Waals surface area contributed by atoms with Crippen molar-refractivity contribution in [2.24, 2.45) is 5.10 Å². The lowest BCUT2D eigenvalue weighted by Gasteiger charge is -2.43. The molecule has 3 aliphatic heterocycles. The summed E-state index contributed by atoms with van der Waals surface area (Å²) in [6.45, 7) is 6.22. The number of benzene rings is 3. The van der Waals surface area contributed by atoms with Crippen LogP contribution in [0.15, 0.2) is 88.9 Å². The van der Waals surface area contributed by atoms with Gasteiger partial charge in [-0.1, -0.05) is 60.7 Å². The largest absolute Gasteiger partial charge is 0.439 e. The Morgan fingerprint density at radius 3 is 2.53 bits per heavy atom. The highest BCUT2D eigenvalue weighted by Gasteiger charge is 2.57. The molecule has 1 amide bonds. The summed E-state index contributed by atoms with van der Waals surface area (Å²) in [6.07, 6.45) is 2.67. The van der Waals surface area contributed by atoms with E-state index in [1.807, 2.05) is 47.5 Å². The average Bonchev–Trinajstić information content (AvgIpc) is 3.49. The average molecular weight is 497 g/mol. The SMILES string of the molecule is CCN(CC)c1ccc(/C=C2\S[C@@]3(NC2=O)Oc2ccccc2[C@H]2CC(c4ccccc4)=NN23)cc1. The maximum atomic E-state index is 13.2. The number of carbonyl (C=O) groups excluding carboxylic acids is 1. The van der Waals surface area contributed by atoms with Crippen LogP contribution in [0.2, 0.25) is 0 Å². The minimum Gasteiger partial charge on any atom is -0.439 e. The summed E-state index contributed by atoms with van der Waals surface area (Å²) >= 11 is 1.38. The number of hydrazone groups is 1. The Kier molecular flexibility index (Phi) is 5.72. The van der Waals surface area contributed by atoms with Crippen LogP contribution >= 0.6 is 11.8 Å². The van der Waals surface area contributed by atoms with Gasteiger partial charge >= 0.3 is 5.18 Å². The van der Waals surface area contributed by atoms with Crippen LogP contribution < -0.4 is 15.0 Å². The molecular weight excluding hydrogens is 468 g/mol. The maximum absolute atomic E-state index is 13.2. The fourth-order valence-electron chi connectivity index (χ4n) is 5.07. The lowest BCUT2D eigenvalue weighted by Crippen LogP contribution is -2.58. The zero-order chi connectivity index (χ0) is 24.7. The lowest BCUT2D eigenvalue weighted by molar-refractivity contribution is -0.127. The number of carbonyl (C=O) groups is 1. The van der Waals surface area contributed by atoms with Crippen molar-refractivity contribution in [1.29, 1.82) is 0 Å². The highest BCUT2D eigenvalue weighted by Crippen LogP contribution is 2.53. The molecule has 6 nitrogen and oxygen atoms in total. The van der Waals surface area contributed by atoms with E-state index in [0.29, 0.717) is 4.91 Å². The van der Waals surface area contributed by atoms with Gasteiger partial charge in [-0.25, -0.2) is 5.01 Å². The monoisotopic (exact) mass is 496 g/mol. The van der Waals surface area contributed by atoms with Gasteiger partial charge in [-0.05, 0) is 61.0 Å². The van der Waals surface area contributed by atoms with Crippen molar-refractivity contribution in [2.45, 2.75) is 31.5 Å². The quantitative estimate of drug-likeness (QED) is 0.467. The third-order valence-electron chi connectivity index (χ3n) is 6.91. The van der Waals surface area contributed by atoms with E-state index in [-0.39, 0.29) is 11.9 Å². The number of anilines is 1. The van der Waals surface area contributed by atoms with Gasteiger partial charge in [-0.3, -0.25) is 10.1 Å². The molecular formula is C29H28N4O2S. The highest BCUT2D eigenvalue weighted by molar-refractivity contribution is 8.05. The van der Waals surface area contributed by atoms with E-state index >= 15 is 0 Å². The van der Waals surface area contributed by atoms with Crippen molar-refractivity contribution in [2.75, 3.05) is 18.0 Å². The third-order valence-corrected chi connectivity index (χ3v) is 8.08. The van der Waals surface area contributed by atoms with Gasteiger partial charge < -0.3 is 9.64 Å². The molecule has 0 aromatic heterocycles. The summed E-state index contributed by atoms with van der Waals surface area (Å²) in [5, 5.41) is 8.92. The Morgan fingerprint density at radius 2 is 1.78 bits per heavy atom. The molecule has 3 aromatic rings. The number of amides is 1. The van der Waals surface area contributed by atoms with Crippen LogP contribution in [0.1, 0.15) is 43.0 Å². The first-order chi connectivity index (χ1) is 17.6. The Balaban J connectivity index is 1.34.